The van der Waals surface area contributed by atoms with Crippen molar-refractivity contribution < 1.29 is 17.9 Å². The SMILES string of the molecule is N#Cc1c(I)cc(OC(F)(F)F)nc1I. The van der Waals surface area contributed by atoms with Crippen LogP contribution in [0, 0.1) is 18.6 Å². The van der Waals surface area contributed by atoms with E-state index in [1.54, 1.807) is 45.2 Å². The summed E-state index contributed by atoms with van der Waals surface area (Å²) in [4.78, 5) is 3.51. The average Bonchev–Trinajstić information content (AvgIpc) is 1.99. The minimum absolute atomic E-state index is 0.182. The molecule has 0 unspecified atom stereocenters. The molecule has 1 aromatic heterocycles. The van der Waals surface area contributed by atoms with Gasteiger partial charge in [-0.25, -0.2) is 4.98 Å². The fourth-order valence-electron chi connectivity index (χ4n) is 0.734. The highest BCUT2D eigenvalue weighted by molar-refractivity contribution is 14.1. The third-order valence-corrected chi connectivity index (χ3v) is 2.87. The number of hydrogen-bond donors (Lipinski definition) is 0. The first-order valence-corrected chi connectivity index (χ1v) is 5.51. The molecular formula is C7HF3I2N2O. The van der Waals surface area contributed by atoms with Gasteiger partial charge < -0.3 is 4.74 Å². The molecule has 0 saturated heterocycles. The van der Waals surface area contributed by atoms with E-state index < -0.39 is 12.2 Å². The number of aromatic nitrogens is 1. The highest BCUT2D eigenvalue weighted by Gasteiger charge is 2.32. The van der Waals surface area contributed by atoms with Crippen molar-refractivity contribution in [3.8, 4) is 11.9 Å². The number of hydrogen-bond acceptors (Lipinski definition) is 3. The number of nitrogens with zero attached hydrogens (tertiary/aromatic N) is 2. The van der Waals surface area contributed by atoms with Crippen LogP contribution in [0.1, 0.15) is 5.56 Å². The summed E-state index contributed by atoms with van der Waals surface area (Å²) in [6.45, 7) is 0. The zero-order valence-electron chi connectivity index (χ0n) is 6.77. The Balaban J connectivity index is 3.11. The Morgan fingerprint density at radius 1 is 1.40 bits per heavy atom. The van der Waals surface area contributed by atoms with Crippen molar-refractivity contribution in [2.45, 2.75) is 6.36 Å². The Labute approximate surface area is 110 Å². The minimum Gasteiger partial charge on any atom is -0.388 e. The van der Waals surface area contributed by atoms with Crippen molar-refractivity contribution in [3.05, 3.63) is 18.9 Å². The van der Waals surface area contributed by atoms with Gasteiger partial charge in [-0.2, -0.15) is 5.26 Å². The highest BCUT2D eigenvalue weighted by atomic mass is 127. The first kappa shape index (κ1) is 12.8. The van der Waals surface area contributed by atoms with E-state index in [9.17, 15) is 13.2 Å². The smallest absolute Gasteiger partial charge is 0.388 e. The van der Waals surface area contributed by atoms with Gasteiger partial charge >= 0.3 is 6.36 Å². The molecule has 15 heavy (non-hydrogen) atoms. The standard InChI is InChI=1S/C7HF3I2N2O/c8-7(9,10)15-5-1-4(11)3(2-13)6(12)14-5/h1H. The summed E-state index contributed by atoms with van der Waals surface area (Å²) in [5.74, 6) is -0.560. The summed E-state index contributed by atoms with van der Waals surface area (Å²) in [7, 11) is 0. The van der Waals surface area contributed by atoms with Crippen LogP contribution in [0.15, 0.2) is 6.07 Å². The maximum atomic E-state index is 11.9. The van der Waals surface area contributed by atoms with E-state index >= 15 is 0 Å². The minimum atomic E-state index is -4.77. The van der Waals surface area contributed by atoms with Crippen molar-refractivity contribution in [2.24, 2.45) is 0 Å². The lowest BCUT2D eigenvalue weighted by Gasteiger charge is -2.09. The molecule has 0 atom stereocenters. The van der Waals surface area contributed by atoms with Gasteiger partial charge in [0, 0.05) is 9.64 Å². The molecule has 0 radical (unpaired) electrons. The van der Waals surface area contributed by atoms with Gasteiger partial charge in [-0.15, -0.1) is 13.2 Å². The van der Waals surface area contributed by atoms with Crippen molar-refractivity contribution >= 4 is 45.2 Å². The molecule has 1 rings (SSSR count). The van der Waals surface area contributed by atoms with Gasteiger partial charge in [-0.1, -0.05) is 0 Å². The molecule has 80 valence electrons. The zero-order chi connectivity index (χ0) is 11.6. The largest absolute Gasteiger partial charge is 0.574 e. The van der Waals surface area contributed by atoms with E-state index in [4.69, 9.17) is 5.26 Å². The molecule has 1 heterocycles. The van der Waals surface area contributed by atoms with Crippen LogP contribution >= 0.6 is 45.2 Å². The van der Waals surface area contributed by atoms with Crippen LogP contribution in [-0.4, -0.2) is 11.3 Å². The van der Waals surface area contributed by atoms with Gasteiger partial charge in [0.1, 0.15) is 9.77 Å². The number of alkyl halides is 3. The Bertz CT molecular complexity index is 404. The first-order valence-electron chi connectivity index (χ1n) is 3.35. The van der Waals surface area contributed by atoms with E-state index in [0.29, 0.717) is 3.57 Å². The molecule has 0 amide bonds. The van der Waals surface area contributed by atoms with Crippen molar-refractivity contribution in [1.82, 2.24) is 4.98 Å². The normalized spacial score (nSPS) is 10.9. The van der Waals surface area contributed by atoms with Crippen LogP contribution in [0.4, 0.5) is 13.2 Å². The summed E-state index contributed by atoms with van der Waals surface area (Å²) in [6, 6.07) is 2.90. The fraction of sp³-hybridized carbons (Fsp3) is 0.143. The van der Waals surface area contributed by atoms with Crippen LogP contribution in [-0.2, 0) is 0 Å². The van der Waals surface area contributed by atoms with E-state index in [-0.39, 0.29) is 9.26 Å². The quantitative estimate of drug-likeness (QED) is 0.499. The lowest BCUT2D eigenvalue weighted by atomic mass is 10.3. The summed E-state index contributed by atoms with van der Waals surface area (Å²) in [5, 5.41) is 8.66. The lowest BCUT2D eigenvalue weighted by molar-refractivity contribution is -0.276. The van der Waals surface area contributed by atoms with Gasteiger partial charge in [0.2, 0.25) is 5.88 Å². The van der Waals surface area contributed by atoms with Crippen LogP contribution in [0.25, 0.3) is 0 Å². The van der Waals surface area contributed by atoms with E-state index in [0.717, 1.165) is 6.07 Å². The molecule has 8 heteroatoms. The second-order valence-corrected chi connectivity index (χ2v) is 4.45. The lowest BCUT2D eigenvalue weighted by Crippen LogP contribution is -2.18. The third kappa shape index (κ3) is 3.63. The fourth-order valence-corrected chi connectivity index (χ4v) is 2.54. The predicted octanol–water partition coefficient (Wildman–Crippen LogP) is 3.06. The van der Waals surface area contributed by atoms with E-state index in [1.807, 2.05) is 6.07 Å². The van der Waals surface area contributed by atoms with Gasteiger partial charge in [0.05, 0.1) is 5.56 Å². The molecule has 0 aliphatic carbocycles. The maximum absolute atomic E-state index is 11.9. The molecule has 0 spiro atoms. The van der Waals surface area contributed by atoms with Crippen LogP contribution in [0.2, 0.25) is 0 Å². The molecule has 0 saturated carbocycles. The van der Waals surface area contributed by atoms with Gasteiger partial charge in [0.25, 0.3) is 0 Å². The summed E-state index contributed by atoms with van der Waals surface area (Å²) in [5.41, 5.74) is 0.241. The number of ether oxygens (including phenoxy) is 1. The molecule has 0 fully saturated rings. The molecule has 0 aliphatic rings. The van der Waals surface area contributed by atoms with Gasteiger partial charge in [0.15, 0.2) is 0 Å². The van der Waals surface area contributed by atoms with Crippen LogP contribution < -0.4 is 4.74 Å². The predicted molar refractivity (Wildman–Crippen MR) is 61.1 cm³/mol. The summed E-state index contributed by atoms with van der Waals surface area (Å²) in [6.07, 6.45) is -4.77. The molecule has 0 aromatic carbocycles. The van der Waals surface area contributed by atoms with E-state index in [2.05, 4.69) is 9.72 Å². The summed E-state index contributed by atoms with van der Waals surface area (Å²) < 4.78 is 39.7. The second-order valence-electron chi connectivity index (χ2n) is 2.27. The molecule has 0 bridgehead atoms. The third-order valence-electron chi connectivity index (χ3n) is 1.24. The van der Waals surface area contributed by atoms with E-state index in [1.165, 1.54) is 0 Å². The van der Waals surface area contributed by atoms with Gasteiger partial charge in [-0.3, -0.25) is 0 Å². The Morgan fingerprint density at radius 2 is 2.00 bits per heavy atom. The number of pyridine rings is 1. The van der Waals surface area contributed by atoms with Gasteiger partial charge in [-0.05, 0) is 45.2 Å². The number of nitriles is 1. The Hall–Kier alpha value is -0.310. The maximum Gasteiger partial charge on any atom is 0.574 e. The second kappa shape index (κ2) is 4.69. The summed E-state index contributed by atoms with van der Waals surface area (Å²) >= 11 is 3.43. The van der Waals surface area contributed by atoms with Crippen LogP contribution in [0.5, 0.6) is 5.88 Å². The highest BCUT2D eigenvalue weighted by Crippen LogP contribution is 2.26. The van der Waals surface area contributed by atoms with Crippen molar-refractivity contribution in [3.63, 3.8) is 0 Å². The topological polar surface area (TPSA) is 45.9 Å². The van der Waals surface area contributed by atoms with Crippen LogP contribution in [0.3, 0.4) is 0 Å². The van der Waals surface area contributed by atoms with Crippen molar-refractivity contribution in [1.29, 1.82) is 5.26 Å². The Kier molecular flexibility index (Phi) is 3.99. The molecular weight excluding hydrogens is 439 g/mol. The molecule has 0 aliphatic heterocycles. The molecule has 3 nitrogen and oxygen atoms in total. The average molecular weight is 440 g/mol. The number of halogens is 5. The number of rotatable bonds is 1. The van der Waals surface area contributed by atoms with Crippen molar-refractivity contribution in [2.75, 3.05) is 0 Å². The monoisotopic (exact) mass is 440 g/mol. The first-order chi connectivity index (χ1) is 6.83. The Morgan fingerprint density at radius 3 is 2.40 bits per heavy atom. The zero-order valence-corrected chi connectivity index (χ0v) is 11.1. The molecule has 1 aromatic rings. The molecule has 0 N–H and O–H groups in total.